The van der Waals surface area contributed by atoms with Crippen LogP contribution in [0.1, 0.15) is 65.5 Å². The minimum Gasteiger partial charge on any atom is -0.496 e. The molecule has 9 heteroatoms. The minimum atomic E-state index is -0.610. The van der Waals surface area contributed by atoms with Crippen molar-refractivity contribution in [2.75, 3.05) is 7.11 Å². The SMILES string of the molecule is COc1c(C)cnc(CNC(=O)c2cc(C3CC3)nc3c2c(=O)[nH]c(=O)n3CC(C)C)c1C. The molecule has 1 aliphatic rings. The van der Waals surface area contributed by atoms with Gasteiger partial charge < -0.3 is 10.1 Å². The number of hydrogen-bond acceptors (Lipinski definition) is 6. The molecule has 2 N–H and O–H groups in total. The Labute approximate surface area is 191 Å². The Morgan fingerprint density at radius 1 is 1.30 bits per heavy atom. The predicted octanol–water partition coefficient (Wildman–Crippen LogP) is 2.57. The molecule has 0 bridgehead atoms. The number of hydrogen-bond donors (Lipinski definition) is 2. The molecular weight excluding hydrogens is 422 g/mol. The summed E-state index contributed by atoms with van der Waals surface area (Å²) in [4.78, 5) is 50.1. The summed E-state index contributed by atoms with van der Waals surface area (Å²) in [6, 6.07) is 1.69. The van der Waals surface area contributed by atoms with Crippen molar-refractivity contribution in [1.29, 1.82) is 0 Å². The highest BCUT2D eigenvalue weighted by Crippen LogP contribution is 2.40. The highest BCUT2D eigenvalue weighted by atomic mass is 16.5. The van der Waals surface area contributed by atoms with Gasteiger partial charge in [-0.25, -0.2) is 9.78 Å². The average Bonchev–Trinajstić information content (AvgIpc) is 3.60. The van der Waals surface area contributed by atoms with Gasteiger partial charge in [-0.05, 0) is 38.7 Å². The monoisotopic (exact) mass is 451 g/mol. The lowest BCUT2D eigenvalue weighted by molar-refractivity contribution is 0.0951. The lowest BCUT2D eigenvalue weighted by Crippen LogP contribution is -2.34. The molecule has 3 heterocycles. The zero-order valence-corrected chi connectivity index (χ0v) is 19.6. The maximum Gasteiger partial charge on any atom is 0.330 e. The Hall–Kier alpha value is -3.49. The Bertz CT molecular complexity index is 1350. The largest absolute Gasteiger partial charge is 0.496 e. The van der Waals surface area contributed by atoms with Gasteiger partial charge >= 0.3 is 5.69 Å². The predicted molar refractivity (Wildman–Crippen MR) is 125 cm³/mol. The van der Waals surface area contributed by atoms with Gasteiger partial charge in [0.1, 0.15) is 5.75 Å². The number of aromatic nitrogens is 4. The summed E-state index contributed by atoms with van der Waals surface area (Å²) in [7, 11) is 1.60. The smallest absolute Gasteiger partial charge is 0.330 e. The van der Waals surface area contributed by atoms with Crippen molar-refractivity contribution in [3.8, 4) is 5.75 Å². The molecular formula is C24H29N5O4. The van der Waals surface area contributed by atoms with E-state index >= 15 is 0 Å². The standard InChI is InChI=1S/C24H29N5O4/c1-12(2)11-29-21-19(23(31)28-24(29)32)16(8-17(27-21)15-6-7-15)22(30)26-10-18-14(4)20(33-5)13(3)9-25-18/h8-9,12,15H,6-7,10-11H2,1-5H3,(H,26,30)(H,28,31,32). The fourth-order valence-electron chi connectivity index (χ4n) is 4.10. The molecule has 1 saturated carbocycles. The number of carbonyl (C=O) groups is 1. The second kappa shape index (κ2) is 8.80. The zero-order chi connectivity index (χ0) is 23.9. The van der Waals surface area contributed by atoms with Gasteiger partial charge in [0.25, 0.3) is 11.5 Å². The zero-order valence-electron chi connectivity index (χ0n) is 19.6. The number of aromatic amines is 1. The van der Waals surface area contributed by atoms with Crippen LogP contribution in [-0.2, 0) is 13.1 Å². The number of pyridine rings is 2. The fourth-order valence-corrected chi connectivity index (χ4v) is 4.10. The summed E-state index contributed by atoms with van der Waals surface area (Å²) < 4.78 is 6.91. The van der Waals surface area contributed by atoms with Crippen LogP contribution in [0, 0.1) is 19.8 Å². The Morgan fingerprint density at radius 3 is 2.67 bits per heavy atom. The number of amides is 1. The van der Waals surface area contributed by atoms with E-state index in [2.05, 4.69) is 20.3 Å². The number of fused-ring (bicyclic) bond motifs is 1. The van der Waals surface area contributed by atoms with Crippen LogP contribution in [0.4, 0.5) is 0 Å². The van der Waals surface area contributed by atoms with Crippen LogP contribution in [0.3, 0.4) is 0 Å². The highest BCUT2D eigenvalue weighted by Gasteiger charge is 2.29. The van der Waals surface area contributed by atoms with Gasteiger partial charge in [0, 0.05) is 35.5 Å². The average molecular weight is 452 g/mol. The Balaban J connectivity index is 1.78. The van der Waals surface area contributed by atoms with Crippen LogP contribution >= 0.6 is 0 Å². The molecule has 0 saturated heterocycles. The van der Waals surface area contributed by atoms with Crippen molar-refractivity contribution >= 4 is 16.9 Å². The molecule has 33 heavy (non-hydrogen) atoms. The van der Waals surface area contributed by atoms with Crippen molar-refractivity contribution in [2.24, 2.45) is 5.92 Å². The van der Waals surface area contributed by atoms with Crippen LogP contribution < -0.4 is 21.3 Å². The molecule has 0 atom stereocenters. The van der Waals surface area contributed by atoms with Crippen LogP contribution in [0.25, 0.3) is 11.0 Å². The van der Waals surface area contributed by atoms with Gasteiger partial charge in [0.2, 0.25) is 0 Å². The van der Waals surface area contributed by atoms with E-state index < -0.39 is 17.2 Å². The van der Waals surface area contributed by atoms with Gasteiger partial charge in [-0.2, -0.15) is 0 Å². The topological polar surface area (TPSA) is 119 Å². The molecule has 1 amide bonds. The quantitative estimate of drug-likeness (QED) is 0.570. The fraction of sp³-hybridized carbons (Fsp3) is 0.458. The maximum atomic E-state index is 13.3. The van der Waals surface area contributed by atoms with Gasteiger partial charge in [-0.15, -0.1) is 0 Å². The van der Waals surface area contributed by atoms with Crippen molar-refractivity contribution in [2.45, 2.75) is 59.5 Å². The number of nitrogens with zero attached hydrogens (tertiary/aromatic N) is 3. The summed E-state index contributed by atoms with van der Waals surface area (Å²) >= 11 is 0. The molecule has 9 nitrogen and oxygen atoms in total. The van der Waals surface area contributed by atoms with Crippen LogP contribution in [0.15, 0.2) is 21.9 Å². The Morgan fingerprint density at radius 2 is 2.03 bits per heavy atom. The summed E-state index contributed by atoms with van der Waals surface area (Å²) in [6.07, 6.45) is 3.66. The molecule has 3 aromatic rings. The van der Waals surface area contributed by atoms with Gasteiger partial charge in [0.15, 0.2) is 5.65 Å². The van der Waals surface area contributed by atoms with E-state index in [4.69, 9.17) is 4.74 Å². The van der Waals surface area contributed by atoms with Crippen molar-refractivity contribution in [3.63, 3.8) is 0 Å². The normalized spacial score (nSPS) is 13.5. The first-order valence-corrected chi connectivity index (χ1v) is 11.2. The first-order valence-electron chi connectivity index (χ1n) is 11.2. The molecule has 1 aliphatic carbocycles. The molecule has 0 radical (unpaired) electrons. The van der Waals surface area contributed by atoms with E-state index in [1.165, 1.54) is 4.57 Å². The summed E-state index contributed by atoms with van der Waals surface area (Å²) in [5, 5.41) is 3.01. The van der Waals surface area contributed by atoms with Gasteiger partial charge in [-0.1, -0.05) is 13.8 Å². The van der Waals surface area contributed by atoms with Crippen LogP contribution in [0.2, 0.25) is 0 Å². The molecule has 1 fully saturated rings. The second-order valence-corrected chi connectivity index (χ2v) is 9.06. The van der Waals surface area contributed by atoms with Crippen LogP contribution in [0.5, 0.6) is 5.75 Å². The summed E-state index contributed by atoms with van der Waals surface area (Å²) in [6.45, 7) is 8.32. The number of aryl methyl sites for hydroxylation is 1. The summed E-state index contributed by atoms with van der Waals surface area (Å²) in [5.74, 6) is 0.721. The Kier molecular flexibility index (Phi) is 6.05. The molecule has 4 rings (SSSR count). The number of nitrogens with one attached hydrogen (secondary N) is 2. The molecule has 0 spiro atoms. The third-order valence-corrected chi connectivity index (χ3v) is 5.92. The van der Waals surface area contributed by atoms with E-state index in [1.54, 1.807) is 19.4 Å². The van der Waals surface area contributed by atoms with Crippen molar-refractivity contribution in [1.82, 2.24) is 24.8 Å². The number of H-pyrrole nitrogens is 1. The molecule has 0 aromatic carbocycles. The van der Waals surface area contributed by atoms with Crippen LogP contribution in [-0.4, -0.2) is 32.5 Å². The third-order valence-electron chi connectivity index (χ3n) is 5.92. The minimum absolute atomic E-state index is 0.128. The van der Waals surface area contributed by atoms with E-state index in [-0.39, 0.29) is 35.0 Å². The molecule has 0 unspecified atom stereocenters. The lowest BCUT2D eigenvalue weighted by atomic mass is 10.1. The van der Waals surface area contributed by atoms with E-state index in [0.717, 1.165) is 35.4 Å². The molecule has 0 aliphatic heterocycles. The summed E-state index contributed by atoms with van der Waals surface area (Å²) in [5.41, 5.74) is 2.53. The number of methoxy groups -OCH3 is 1. The van der Waals surface area contributed by atoms with Crippen molar-refractivity contribution in [3.05, 3.63) is 61.2 Å². The highest BCUT2D eigenvalue weighted by molar-refractivity contribution is 6.05. The van der Waals surface area contributed by atoms with E-state index in [0.29, 0.717) is 12.2 Å². The van der Waals surface area contributed by atoms with Gasteiger partial charge in [0.05, 0.1) is 30.3 Å². The number of rotatable bonds is 7. The lowest BCUT2D eigenvalue weighted by Gasteiger charge is -2.15. The van der Waals surface area contributed by atoms with Crippen molar-refractivity contribution < 1.29 is 9.53 Å². The first kappa shape index (κ1) is 22.7. The number of carbonyl (C=O) groups excluding carboxylic acids is 1. The van der Waals surface area contributed by atoms with Gasteiger partial charge in [-0.3, -0.25) is 24.1 Å². The first-order chi connectivity index (χ1) is 15.7. The molecule has 3 aromatic heterocycles. The van der Waals surface area contributed by atoms with E-state index in [9.17, 15) is 14.4 Å². The maximum absolute atomic E-state index is 13.3. The molecule has 174 valence electrons. The van der Waals surface area contributed by atoms with E-state index in [1.807, 2.05) is 27.7 Å². The third kappa shape index (κ3) is 4.40. The second-order valence-electron chi connectivity index (χ2n) is 9.06. The number of ether oxygens (including phenoxy) is 1.